The van der Waals surface area contributed by atoms with Crippen molar-refractivity contribution in [3.8, 4) is 6.07 Å². The summed E-state index contributed by atoms with van der Waals surface area (Å²) in [6, 6.07) is 13.1. The molecule has 0 aliphatic carbocycles. The number of H-pyrrole nitrogens is 1. The third-order valence-electron chi connectivity index (χ3n) is 3.75. The van der Waals surface area contributed by atoms with Gasteiger partial charge in [0, 0.05) is 10.6 Å². The molecule has 26 heavy (non-hydrogen) atoms. The number of nitrogens with one attached hydrogen (secondary N) is 2. The maximum atomic E-state index is 12.0. The largest absolute Gasteiger partial charge is 0.335 e. The number of anilines is 2. The normalized spacial score (nSPS) is 10.4. The van der Waals surface area contributed by atoms with Gasteiger partial charge in [0.15, 0.2) is 0 Å². The van der Waals surface area contributed by atoms with Gasteiger partial charge >= 0.3 is 5.56 Å². The van der Waals surface area contributed by atoms with E-state index in [0.717, 1.165) is 16.0 Å². The van der Waals surface area contributed by atoms with E-state index in [1.54, 1.807) is 24.3 Å². The highest BCUT2D eigenvalue weighted by Gasteiger charge is 2.11. The number of rotatable bonds is 4. The average molecular weight is 363 g/mol. The molecular weight excluding hydrogens is 346 g/mol. The number of nitriles is 1. The first-order valence-corrected chi connectivity index (χ1v) is 8.77. The summed E-state index contributed by atoms with van der Waals surface area (Å²) < 4.78 is 0. The smallest absolute Gasteiger partial charge is 0.307 e. The van der Waals surface area contributed by atoms with Crippen LogP contribution in [-0.2, 0) is 0 Å². The second-order valence-electron chi connectivity index (χ2n) is 5.94. The van der Waals surface area contributed by atoms with Gasteiger partial charge in [0.05, 0.1) is 11.6 Å². The Morgan fingerprint density at radius 2 is 1.77 bits per heavy atom. The fraction of sp³-hybridized carbons (Fsp3) is 0.158. The van der Waals surface area contributed by atoms with Gasteiger partial charge in [-0.05, 0) is 67.9 Å². The number of hydrogen-bond donors (Lipinski definition) is 2. The molecule has 0 saturated heterocycles. The third kappa shape index (κ3) is 3.92. The maximum absolute atomic E-state index is 12.0. The molecule has 3 aromatic rings. The van der Waals surface area contributed by atoms with Crippen LogP contribution in [0.4, 0.5) is 11.5 Å². The standard InChI is InChI=1S/C19H17N5OS/c1-11-8-12(2)16(13(3)9-11)26-19-22-17(18(25)23-24-19)21-15-6-4-14(10-20)5-7-15/h4-9H,1-3H3,(H,23,25)(H,21,22,24). The number of aryl methyl sites for hydroxylation is 3. The summed E-state index contributed by atoms with van der Waals surface area (Å²) in [6.07, 6.45) is 0. The molecule has 0 atom stereocenters. The van der Waals surface area contributed by atoms with Crippen molar-refractivity contribution in [2.24, 2.45) is 0 Å². The van der Waals surface area contributed by atoms with Crippen molar-refractivity contribution in [1.29, 1.82) is 5.26 Å². The first-order valence-electron chi connectivity index (χ1n) is 7.96. The summed E-state index contributed by atoms with van der Waals surface area (Å²) in [5.74, 6) is 0.162. The van der Waals surface area contributed by atoms with E-state index in [1.807, 2.05) is 13.8 Å². The van der Waals surface area contributed by atoms with Crippen molar-refractivity contribution in [3.05, 3.63) is 69.0 Å². The summed E-state index contributed by atoms with van der Waals surface area (Å²) in [7, 11) is 0. The zero-order chi connectivity index (χ0) is 18.7. The van der Waals surface area contributed by atoms with Crippen LogP contribution < -0.4 is 10.9 Å². The predicted molar refractivity (Wildman–Crippen MR) is 102 cm³/mol. The first kappa shape index (κ1) is 17.7. The third-order valence-corrected chi connectivity index (χ3v) is 4.96. The van der Waals surface area contributed by atoms with Gasteiger partial charge in [-0.25, -0.2) is 5.10 Å². The van der Waals surface area contributed by atoms with E-state index in [2.05, 4.69) is 45.6 Å². The Morgan fingerprint density at radius 3 is 2.38 bits per heavy atom. The minimum atomic E-state index is -0.406. The molecule has 1 aromatic heterocycles. The van der Waals surface area contributed by atoms with E-state index in [-0.39, 0.29) is 5.82 Å². The molecular formula is C19H17N5OS. The summed E-state index contributed by atoms with van der Waals surface area (Å²) in [5, 5.41) is 18.8. The molecule has 130 valence electrons. The summed E-state index contributed by atoms with van der Waals surface area (Å²) in [4.78, 5) is 17.4. The van der Waals surface area contributed by atoms with Crippen LogP contribution in [0.15, 0.2) is 51.2 Å². The van der Waals surface area contributed by atoms with E-state index in [0.29, 0.717) is 16.4 Å². The Balaban J connectivity index is 1.88. The monoisotopic (exact) mass is 363 g/mol. The van der Waals surface area contributed by atoms with Crippen LogP contribution in [0.3, 0.4) is 0 Å². The molecule has 2 N–H and O–H groups in total. The van der Waals surface area contributed by atoms with Crippen molar-refractivity contribution in [1.82, 2.24) is 15.2 Å². The van der Waals surface area contributed by atoms with Gasteiger partial charge in [0.25, 0.3) is 0 Å². The van der Waals surface area contributed by atoms with Crippen LogP contribution in [0.1, 0.15) is 22.3 Å². The molecule has 0 radical (unpaired) electrons. The van der Waals surface area contributed by atoms with Crippen molar-refractivity contribution in [2.75, 3.05) is 5.32 Å². The fourth-order valence-electron chi connectivity index (χ4n) is 2.64. The highest BCUT2D eigenvalue weighted by atomic mass is 32.2. The van der Waals surface area contributed by atoms with E-state index >= 15 is 0 Å². The van der Waals surface area contributed by atoms with Crippen molar-refractivity contribution in [2.45, 2.75) is 30.8 Å². The first-order chi connectivity index (χ1) is 12.5. The second kappa shape index (κ2) is 7.42. The lowest BCUT2D eigenvalue weighted by molar-refractivity contribution is 0.820. The highest BCUT2D eigenvalue weighted by Crippen LogP contribution is 2.31. The van der Waals surface area contributed by atoms with Crippen molar-refractivity contribution >= 4 is 23.3 Å². The summed E-state index contributed by atoms with van der Waals surface area (Å²) in [5.41, 5.74) is 4.30. The van der Waals surface area contributed by atoms with Crippen LogP contribution in [0, 0.1) is 32.1 Å². The Hall–Kier alpha value is -3.11. The van der Waals surface area contributed by atoms with Crippen LogP contribution in [-0.4, -0.2) is 15.2 Å². The highest BCUT2D eigenvalue weighted by molar-refractivity contribution is 7.99. The number of aromatic amines is 1. The molecule has 0 unspecified atom stereocenters. The predicted octanol–water partition coefficient (Wildman–Crippen LogP) is 3.86. The van der Waals surface area contributed by atoms with Crippen molar-refractivity contribution in [3.63, 3.8) is 0 Å². The molecule has 3 rings (SSSR count). The fourth-order valence-corrected chi connectivity index (χ4v) is 3.49. The molecule has 0 aliphatic heterocycles. The van der Waals surface area contributed by atoms with Gasteiger partial charge in [-0.15, -0.1) is 5.10 Å². The lowest BCUT2D eigenvalue weighted by atomic mass is 10.1. The summed E-state index contributed by atoms with van der Waals surface area (Å²) >= 11 is 1.41. The number of nitrogens with zero attached hydrogens (tertiary/aromatic N) is 3. The molecule has 2 aromatic carbocycles. The van der Waals surface area contributed by atoms with E-state index in [9.17, 15) is 4.79 Å². The number of benzene rings is 2. The summed E-state index contributed by atoms with van der Waals surface area (Å²) in [6.45, 7) is 6.15. The molecule has 0 bridgehead atoms. The lowest BCUT2D eigenvalue weighted by Crippen LogP contribution is -2.16. The number of aromatic nitrogens is 3. The van der Waals surface area contributed by atoms with E-state index in [1.165, 1.54) is 17.3 Å². The maximum Gasteiger partial charge on any atom is 0.307 e. The topological polar surface area (TPSA) is 94.5 Å². The van der Waals surface area contributed by atoms with Gasteiger partial charge in [-0.1, -0.05) is 17.7 Å². The van der Waals surface area contributed by atoms with Crippen LogP contribution in [0.25, 0.3) is 0 Å². The minimum Gasteiger partial charge on any atom is -0.335 e. The van der Waals surface area contributed by atoms with Gasteiger partial charge < -0.3 is 5.32 Å². The van der Waals surface area contributed by atoms with Gasteiger partial charge in [0.1, 0.15) is 0 Å². The molecule has 1 heterocycles. The Bertz CT molecular complexity index is 1030. The lowest BCUT2D eigenvalue weighted by Gasteiger charge is -2.10. The molecule has 0 spiro atoms. The number of hydrogen-bond acceptors (Lipinski definition) is 6. The van der Waals surface area contributed by atoms with E-state index in [4.69, 9.17) is 5.26 Å². The molecule has 6 nitrogen and oxygen atoms in total. The molecule has 7 heteroatoms. The molecule has 0 fully saturated rings. The van der Waals surface area contributed by atoms with Crippen LogP contribution >= 0.6 is 11.8 Å². The Labute approximate surface area is 155 Å². The molecule has 0 aliphatic rings. The molecule has 0 amide bonds. The Kier molecular flexibility index (Phi) is 5.05. The van der Waals surface area contributed by atoms with Gasteiger partial charge in [0.2, 0.25) is 11.0 Å². The van der Waals surface area contributed by atoms with Crippen molar-refractivity contribution < 1.29 is 0 Å². The minimum absolute atomic E-state index is 0.162. The Morgan fingerprint density at radius 1 is 1.12 bits per heavy atom. The quantitative estimate of drug-likeness (QED) is 0.731. The zero-order valence-electron chi connectivity index (χ0n) is 14.6. The van der Waals surface area contributed by atoms with E-state index < -0.39 is 5.56 Å². The van der Waals surface area contributed by atoms with Gasteiger partial charge in [-0.3, -0.25) is 4.79 Å². The average Bonchev–Trinajstić information content (AvgIpc) is 2.61. The SMILES string of the molecule is Cc1cc(C)c(Sc2n[nH]c(=O)c(Nc3ccc(C#N)cc3)n2)c(C)c1. The van der Waals surface area contributed by atoms with Crippen LogP contribution in [0.5, 0.6) is 0 Å². The zero-order valence-corrected chi connectivity index (χ0v) is 15.4. The molecule has 0 saturated carbocycles. The van der Waals surface area contributed by atoms with Crippen LogP contribution in [0.2, 0.25) is 0 Å². The van der Waals surface area contributed by atoms with Gasteiger partial charge in [-0.2, -0.15) is 10.2 Å². The second-order valence-corrected chi connectivity index (χ2v) is 6.92.